The first-order valence-electron chi connectivity index (χ1n) is 9.83. The van der Waals surface area contributed by atoms with Gasteiger partial charge in [-0.3, -0.25) is 0 Å². The topological polar surface area (TPSA) is 42.2 Å². The van der Waals surface area contributed by atoms with Crippen LogP contribution in [0, 0.1) is 11.3 Å². The number of halogens is 1. The highest BCUT2D eigenvalue weighted by molar-refractivity contribution is 9.10. The summed E-state index contributed by atoms with van der Waals surface area (Å²) in [5.74, 6) is 1.49. The number of allylic oxidation sites excluding steroid dienone is 1. The van der Waals surface area contributed by atoms with Crippen molar-refractivity contribution >= 4 is 38.4 Å². The van der Waals surface area contributed by atoms with Crippen molar-refractivity contribution in [1.29, 1.82) is 5.26 Å². The predicted octanol–water partition coefficient (Wildman–Crippen LogP) is 7.25. The van der Waals surface area contributed by atoms with Gasteiger partial charge in [0, 0.05) is 10.0 Å². The van der Waals surface area contributed by atoms with Crippen LogP contribution in [0.15, 0.2) is 89.4 Å². The second-order valence-corrected chi connectivity index (χ2v) is 7.93. The standard InChI is InChI=1S/C27H20BrNO2/c1-30-24-13-8-20(9-14-24)22(17-29)16-26-25-5-3-2-4-21(25)10-15-27(26)31-18-19-6-11-23(28)12-7-19/h2-16H,18H2,1H3/b22-16+. The first-order valence-corrected chi connectivity index (χ1v) is 10.6. The summed E-state index contributed by atoms with van der Waals surface area (Å²) in [5, 5.41) is 12.0. The van der Waals surface area contributed by atoms with Crippen LogP contribution in [0.1, 0.15) is 16.7 Å². The number of ether oxygens (including phenoxy) is 2. The molecular formula is C27H20BrNO2. The Morgan fingerprint density at radius 2 is 1.68 bits per heavy atom. The van der Waals surface area contributed by atoms with Crippen LogP contribution in [0.2, 0.25) is 0 Å². The number of nitrogens with zero attached hydrogens (tertiary/aromatic N) is 1. The van der Waals surface area contributed by atoms with E-state index in [1.54, 1.807) is 7.11 Å². The molecule has 0 bridgehead atoms. The van der Waals surface area contributed by atoms with Gasteiger partial charge in [-0.05, 0) is 70.4 Å². The minimum Gasteiger partial charge on any atom is -0.497 e. The van der Waals surface area contributed by atoms with E-state index >= 15 is 0 Å². The molecule has 0 aliphatic heterocycles. The molecule has 0 heterocycles. The van der Waals surface area contributed by atoms with E-state index in [0.29, 0.717) is 12.2 Å². The van der Waals surface area contributed by atoms with Crippen molar-refractivity contribution in [3.63, 3.8) is 0 Å². The fourth-order valence-electron chi connectivity index (χ4n) is 3.39. The van der Waals surface area contributed by atoms with Crippen LogP contribution in [0.4, 0.5) is 0 Å². The molecule has 4 rings (SSSR count). The van der Waals surface area contributed by atoms with Gasteiger partial charge < -0.3 is 9.47 Å². The van der Waals surface area contributed by atoms with Gasteiger partial charge in [0.15, 0.2) is 0 Å². The molecule has 4 aromatic carbocycles. The van der Waals surface area contributed by atoms with Gasteiger partial charge in [-0.25, -0.2) is 0 Å². The lowest BCUT2D eigenvalue weighted by Crippen LogP contribution is -1.98. The van der Waals surface area contributed by atoms with Crippen molar-refractivity contribution in [1.82, 2.24) is 0 Å². The second-order valence-electron chi connectivity index (χ2n) is 7.01. The van der Waals surface area contributed by atoms with Crippen LogP contribution in [-0.4, -0.2) is 7.11 Å². The molecule has 0 aliphatic carbocycles. The lowest BCUT2D eigenvalue weighted by Gasteiger charge is -2.13. The number of methoxy groups -OCH3 is 1. The molecule has 0 radical (unpaired) electrons. The monoisotopic (exact) mass is 469 g/mol. The zero-order valence-corrected chi connectivity index (χ0v) is 18.6. The molecule has 4 heteroatoms. The quantitative estimate of drug-likeness (QED) is 0.220. The molecule has 0 saturated carbocycles. The SMILES string of the molecule is COc1ccc(/C(C#N)=C/c2c(OCc3ccc(Br)cc3)ccc3ccccc23)cc1. The highest BCUT2D eigenvalue weighted by Crippen LogP contribution is 2.33. The third kappa shape index (κ3) is 4.79. The summed E-state index contributed by atoms with van der Waals surface area (Å²) in [6.07, 6.45) is 1.90. The van der Waals surface area contributed by atoms with Crippen LogP contribution < -0.4 is 9.47 Å². The Morgan fingerprint density at radius 3 is 2.39 bits per heavy atom. The fourth-order valence-corrected chi connectivity index (χ4v) is 3.65. The Labute approximate surface area is 190 Å². The van der Waals surface area contributed by atoms with Gasteiger partial charge >= 0.3 is 0 Å². The number of nitriles is 1. The molecule has 0 spiro atoms. The van der Waals surface area contributed by atoms with Crippen molar-refractivity contribution in [3.05, 3.63) is 106 Å². The molecule has 3 nitrogen and oxygen atoms in total. The van der Waals surface area contributed by atoms with Crippen LogP contribution in [0.3, 0.4) is 0 Å². The van der Waals surface area contributed by atoms with E-state index in [1.807, 2.05) is 78.9 Å². The predicted molar refractivity (Wildman–Crippen MR) is 129 cm³/mol. The average molecular weight is 470 g/mol. The molecule has 4 aromatic rings. The maximum Gasteiger partial charge on any atom is 0.127 e. The van der Waals surface area contributed by atoms with Crippen molar-refractivity contribution in [2.45, 2.75) is 6.61 Å². The summed E-state index contributed by atoms with van der Waals surface area (Å²) in [7, 11) is 1.63. The molecular weight excluding hydrogens is 450 g/mol. The maximum absolute atomic E-state index is 9.87. The van der Waals surface area contributed by atoms with Crippen molar-refractivity contribution in [2.24, 2.45) is 0 Å². The summed E-state index contributed by atoms with van der Waals surface area (Å²) in [5.41, 5.74) is 3.35. The van der Waals surface area contributed by atoms with Gasteiger partial charge in [-0.2, -0.15) is 5.26 Å². The smallest absolute Gasteiger partial charge is 0.127 e. The van der Waals surface area contributed by atoms with Crippen LogP contribution in [0.5, 0.6) is 11.5 Å². The lowest BCUT2D eigenvalue weighted by atomic mass is 9.98. The zero-order valence-electron chi connectivity index (χ0n) is 17.0. The van der Waals surface area contributed by atoms with Crippen LogP contribution >= 0.6 is 15.9 Å². The largest absolute Gasteiger partial charge is 0.497 e. The third-order valence-corrected chi connectivity index (χ3v) is 5.58. The highest BCUT2D eigenvalue weighted by Gasteiger charge is 2.10. The summed E-state index contributed by atoms with van der Waals surface area (Å²) >= 11 is 3.46. The summed E-state index contributed by atoms with van der Waals surface area (Å²) < 4.78 is 12.5. The Kier molecular flexibility index (Phi) is 6.35. The van der Waals surface area contributed by atoms with Gasteiger partial charge in [-0.1, -0.05) is 58.4 Å². The van der Waals surface area contributed by atoms with E-state index in [4.69, 9.17) is 9.47 Å². The number of benzene rings is 4. The molecule has 0 amide bonds. The van der Waals surface area contributed by atoms with E-state index in [9.17, 15) is 5.26 Å². The van der Waals surface area contributed by atoms with E-state index in [2.05, 4.69) is 34.1 Å². The second kappa shape index (κ2) is 9.51. The van der Waals surface area contributed by atoms with Crippen LogP contribution in [0.25, 0.3) is 22.4 Å². The van der Waals surface area contributed by atoms with E-state index in [1.165, 1.54) is 0 Å². The number of rotatable bonds is 6. The number of fused-ring (bicyclic) bond motifs is 1. The van der Waals surface area contributed by atoms with Gasteiger partial charge in [-0.15, -0.1) is 0 Å². The molecule has 31 heavy (non-hydrogen) atoms. The molecule has 0 saturated heterocycles. The third-order valence-electron chi connectivity index (χ3n) is 5.05. The molecule has 0 aromatic heterocycles. The molecule has 0 atom stereocenters. The van der Waals surface area contributed by atoms with E-state index in [-0.39, 0.29) is 0 Å². The van der Waals surface area contributed by atoms with Crippen molar-refractivity contribution in [2.75, 3.05) is 7.11 Å². The molecule has 0 N–H and O–H groups in total. The average Bonchev–Trinajstić information content (AvgIpc) is 2.82. The highest BCUT2D eigenvalue weighted by atomic mass is 79.9. The van der Waals surface area contributed by atoms with Crippen molar-refractivity contribution in [3.8, 4) is 17.6 Å². The number of hydrogen-bond acceptors (Lipinski definition) is 3. The normalized spacial score (nSPS) is 11.2. The number of hydrogen-bond donors (Lipinski definition) is 0. The maximum atomic E-state index is 9.87. The van der Waals surface area contributed by atoms with Gasteiger partial charge in [0.25, 0.3) is 0 Å². The van der Waals surface area contributed by atoms with Crippen molar-refractivity contribution < 1.29 is 9.47 Å². The molecule has 152 valence electrons. The lowest BCUT2D eigenvalue weighted by molar-refractivity contribution is 0.306. The fraction of sp³-hybridized carbons (Fsp3) is 0.0741. The van der Waals surface area contributed by atoms with Gasteiger partial charge in [0.1, 0.15) is 18.1 Å². The summed E-state index contributed by atoms with van der Waals surface area (Å²) in [6.45, 7) is 0.441. The Bertz CT molecular complexity index is 1270. The zero-order chi connectivity index (χ0) is 21.6. The van der Waals surface area contributed by atoms with Gasteiger partial charge in [0.05, 0.1) is 18.8 Å². The molecule has 0 fully saturated rings. The first-order chi connectivity index (χ1) is 15.2. The Balaban J connectivity index is 1.76. The first kappa shape index (κ1) is 20.7. The minimum atomic E-state index is 0.441. The summed E-state index contributed by atoms with van der Waals surface area (Å²) in [6, 6.07) is 30.0. The Hall–Kier alpha value is -3.55. The minimum absolute atomic E-state index is 0.441. The van der Waals surface area contributed by atoms with E-state index in [0.717, 1.165) is 43.4 Å². The molecule has 0 aliphatic rings. The molecule has 0 unspecified atom stereocenters. The Morgan fingerprint density at radius 1 is 0.935 bits per heavy atom. The van der Waals surface area contributed by atoms with Gasteiger partial charge in [0.2, 0.25) is 0 Å². The van der Waals surface area contributed by atoms with Crippen LogP contribution in [-0.2, 0) is 6.61 Å². The summed E-state index contributed by atoms with van der Waals surface area (Å²) in [4.78, 5) is 0. The van der Waals surface area contributed by atoms with E-state index < -0.39 is 0 Å².